The van der Waals surface area contributed by atoms with Crippen LogP contribution in [-0.4, -0.2) is 44.9 Å². The van der Waals surface area contributed by atoms with Gasteiger partial charge in [-0.15, -0.1) is 0 Å². The van der Waals surface area contributed by atoms with Gasteiger partial charge in [-0.05, 0) is 41.8 Å². The molecule has 142 valence electrons. The van der Waals surface area contributed by atoms with Crippen molar-refractivity contribution in [2.75, 3.05) is 34.1 Å². The molecule has 0 aliphatic carbocycles. The summed E-state index contributed by atoms with van der Waals surface area (Å²) in [5, 5.41) is 0. The zero-order chi connectivity index (χ0) is 18.8. The number of methoxy groups -OCH3 is 2. The van der Waals surface area contributed by atoms with E-state index in [-0.39, 0.29) is 12.7 Å². The van der Waals surface area contributed by atoms with Crippen molar-refractivity contribution in [1.29, 1.82) is 0 Å². The molecule has 6 heteroatoms. The van der Waals surface area contributed by atoms with E-state index in [0.717, 1.165) is 36.6 Å². The molecule has 0 saturated carbocycles. The first-order valence-electron chi connectivity index (χ1n) is 9.06. The molecule has 27 heavy (non-hydrogen) atoms. The van der Waals surface area contributed by atoms with E-state index in [9.17, 15) is 4.79 Å². The predicted molar refractivity (Wildman–Crippen MR) is 99.8 cm³/mol. The molecule has 2 aromatic rings. The van der Waals surface area contributed by atoms with Crippen LogP contribution in [0, 0.1) is 0 Å². The second kappa shape index (κ2) is 7.39. The number of benzene rings is 2. The maximum Gasteiger partial charge on any atom is 0.231 e. The number of nitrogens with zero attached hydrogens (tertiary/aromatic N) is 1. The van der Waals surface area contributed by atoms with Gasteiger partial charge in [0, 0.05) is 19.0 Å². The minimum atomic E-state index is 0.130. The number of likely N-dealkylation sites (tertiary alicyclic amines) is 1. The number of ether oxygens (including phenoxy) is 4. The van der Waals surface area contributed by atoms with E-state index < -0.39 is 0 Å². The van der Waals surface area contributed by atoms with Gasteiger partial charge in [0.2, 0.25) is 12.7 Å². The molecule has 2 aromatic carbocycles. The smallest absolute Gasteiger partial charge is 0.231 e. The van der Waals surface area contributed by atoms with Gasteiger partial charge in [-0.3, -0.25) is 4.79 Å². The Labute approximate surface area is 158 Å². The van der Waals surface area contributed by atoms with Gasteiger partial charge >= 0.3 is 0 Å². The quantitative estimate of drug-likeness (QED) is 0.811. The Kier molecular flexibility index (Phi) is 4.79. The van der Waals surface area contributed by atoms with Gasteiger partial charge in [-0.1, -0.05) is 12.1 Å². The fourth-order valence-corrected chi connectivity index (χ4v) is 3.70. The third-order valence-electron chi connectivity index (χ3n) is 5.21. The van der Waals surface area contributed by atoms with Crippen molar-refractivity contribution in [3.8, 4) is 23.0 Å². The van der Waals surface area contributed by atoms with Crippen molar-refractivity contribution < 1.29 is 23.7 Å². The van der Waals surface area contributed by atoms with Crippen LogP contribution in [0.15, 0.2) is 36.4 Å². The second-order valence-electron chi connectivity index (χ2n) is 6.80. The average molecular weight is 369 g/mol. The average Bonchev–Trinajstić information content (AvgIpc) is 3.36. The first kappa shape index (κ1) is 17.5. The zero-order valence-electron chi connectivity index (χ0n) is 15.6. The first-order valence-corrected chi connectivity index (χ1v) is 9.06. The molecular weight excluding hydrogens is 346 g/mol. The lowest BCUT2D eigenvalue weighted by atomic mass is 9.98. The van der Waals surface area contributed by atoms with E-state index in [0.29, 0.717) is 23.8 Å². The third kappa shape index (κ3) is 3.52. The summed E-state index contributed by atoms with van der Waals surface area (Å²) in [5.41, 5.74) is 2.12. The highest BCUT2D eigenvalue weighted by atomic mass is 16.7. The summed E-state index contributed by atoms with van der Waals surface area (Å²) < 4.78 is 21.4. The standard InChI is InChI=1S/C21H23NO5/c1-24-17-5-3-14(9-19(17)25-2)10-21(23)22-8-7-16(12-22)15-4-6-18-20(11-15)27-13-26-18/h3-6,9,11,16H,7-8,10,12-13H2,1-2H3. The van der Waals surface area contributed by atoms with Crippen LogP contribution in [0.2, 0.25) is 0 Å². The van der Waals surface area contributed by atoms with Crippen LogP contribution in [-0.2, 0) is 11.2 Å². The summed E-state index contributed by atoms with van der Waals surface area (Å²) in [6, 6.07) is 11.7. The molecule has 2 aliphatic heterocycles. The first-order chi connectivity index (χ1) is 13.2. The van der Waals surface area contributed by atoms with Crippen LogP contribution < -0.4 is 18.9 Å². The highest BCUT2D eigenvalue weighted by Crippen LogP contribution is 2.37. The molecule has 1 amide bonds. The van der Waals surface area contributed by atoms with Gasteiger partial charge in [0.05, 0.1) is 20.6 Å². The summed E-state index contributed by atoms with van der Waals surface area (Å²) in [4.78, 5) is 14.7. The van der Waals surface area contributed by atoms with Crippen molar-refractivity contribution >= 4 is 5.91 Å². The van der Waals surface area contributed by atoms with Crippen molar-refractivity contribution in [3.05, 3.63) is 47.5 Å². The molecule has 4 rings (SSSR count). The number of hydrogen-bond acceptors (Lipinski definition) is 5. The van der Waals surface area contributed by atoms with Crippen molar-refractivity contribution in [3.63, 3.8) is 0 Å². The van der Waals surface area contributed by atoms with Crippen LogP contribution >= 0.6 is 0 Å². The van der Waals surface area contributed by atoms with Crippen molar-refractivity contribution in [2.45, 2.75) is 18.8 Å². The molecule has 0 radical (unpaired) electrons. The Hall–Kier alpha value is -2.89. The molecule has 0 spiro atoms. The number of amides is 1. The molecule has 6 nitrogen and oxygen atoms in total. The molecule has 1 atom stereocenters. The van der Waals surface area contributed by atoms with Gasteiger partial charge in [-0.2, -0.15) is 0 Å². The summed E-state index contributed by atoms with van der Waals surface area (Å²) in [7, 11) is 3.20. The van der Waals surface area contributed by atoms with Gasteiger partial charge in [0.15, 0.2) is 23.0 Å². The lowest BCUT2D eigenvalue weighted by molar-refractivity contribution is -0.129. The van der Waals surface area contributed by atoms with Crippen LogP contribution in [0.1, 0.15) is 23.5 Å². The van der Waals surface area contributed by atoms with Crippen LogP contribution in [0.5, 0.6) is 23.0 Å². The second-order valence-corrected chi connectivity index (χ2v) is 6.80. The van der Waals surface area contributed by atoms with Gasteiger partial charge in [0.25, 0.3) is 0 Å². The van der Waals surface area contributed by atoms with E-state index in [4.69, 9.17) is 18.9 Å². The minimum Gasteiger partial charge on any atom is -0.493 e. The number of carbonyl (C=O) groups excluding carboxylic acids is 1. The third-order valence-corrected chi connectivity index (χ3v) is 5.21. The zero-order valence-corrected chi connectivity index (χ0v) is 15.6. The molecular formula is C21H23NO5. The van der Waals surface area contributed by atoms with E-state index in [2.05, 4.69) is 6.07 Å². The molecule has 0 bridgehead atoms. The van der Waals surface area contributed by atoms with Gasteiger partial charge in [-0.25, -0.2) is 0 Å². The lowest BCUT2D eigenvalue weighted by Crippen LogP contribution is -2.29. The van der Waals surface area contributed by atoms with Crippen LogP contribution in [0.4, 0.5) is 0 Å². The van der Waals surface area contributed by atoms with Crippen LogP contribution in [0.3, 0.4) is 0 Å². The molecule has 2 heterocycles. The number of fused-ring (bicyclic) bond motifs is 1. The van der Waals surface area contributed by atoms with E-state index in [1.807, 2.05) is 35.2 Å². The monoisotopic (exact) mass is 369 g/mol. The summed E-state index contributed by atoms with van der Waals surface area (Å²) >= 11 is 0. The van der Waals surface area contributed by atoms with E-state index in [1.54, 1.807) is 14.2 Å². The summed E-state index contributed by atoms with van der Waals surface area (Å²) in [6.45, 7) is 1.77. The van der Waals surface area contributed by atoms with Gasteiger partial charge < -0.3 is 23.8 Å². The fraction of sp³-hybridized carbons (Fsp3) is 0.381. The normalized spacial score (nSPS) is 17.9. The molecule has 0 aromatic heterocycles. The summed E-state index contributed by atoms with van der Waals surface area (Å²) in [6.07, 6.45) is 1.31. The fourth-order valence-electron chi connectivity index (χ4n) is 3.70. The van der Waals surface area contributed by atoms with Crippen LogP contribution in [0.25, 0.3) is 0 Å². The maximum absolute atomic E-state index is 12.7. The van der Waals surface area contributed by atoms with E-state index >= 15 is 0 Å². The molecule has 0 N–H and O–H groups in total. The minimum absolute atomic E-state index is 0.130. The number of hydrogen-bond donors (Lipinski definition) is 0. The highest BCUT2D eigenvalue weighted by molar-refractivity contribution is 5.79. The van der Waals surface area contributed by atoms with Gasteiger partial charge in [0.1, 0.15) is 0 Å². The Morgan fingerprint density at radius 1 is 1.07 bits per heavy atom. The molecule has 1 saturated heterocycles. The Balaban J connectivity index is 1.41. The Morgan fingerprint density at radius 2 is 1.89 bits per heavy atom. The topological polar surface area (TPSA) is 57.2 Å². The SMILES string of the molecule is COc1ccc(CC(=O)N2CCC(c3ccc4c(c3)OCO4)C2)cc1OC. The Bertz CT molecular complexity index is 850. The summed E-state index contributed by atoms with van der Waals surface area (Å²) in [5.74, 6) is 3.35. The molecule has 1 unspecified atom stereocenters. The number of rotatable bonds is 5. The number of carbonyl (C=O) groups is 1. The van der Waals surface area contributed by atoms with Crippen molar-refractivity contribution in [1.82, 2.24) is 4.90 Å². The van der Waals surface area contributed by atoms with E-state index in [1.165, 1.54) is 5.56 Å². The molecule has 1 fully saturated rings. The highest BCUT2D eigenvalue weighted by Gasteiger charge is 2.28. The maximum atomic E-state index is 12.7. The van der Waals surface area contributed by atoms with Crippen molar-refractivity contribution in [2.24, 2.45) is 0 Å². The molecule has 2 aliphatic rings. The Morgan fingerprint density at radius 3 is 2.70 bits per heavy atom. The lowest BCUT2D eigenvalue weighted by Gasteiger charge is -2.17. The largest absolute Gasteiger partial charge is 0.493 e. The predicted octanol–water partition coefficient (Wildman–Crippen LogP) is 2.99.